The minimum Gasteiger partial charge on any atom is -0.480 e. The van der Waals surface area contributed by atoms with Gasteiger partial charge in [0.2, 0.25) is 0 Å². The predicted molar refractivity (Wildman–Crippen MR) is 76.4 cm³/mol. The van der Waals surface area contributed by atoms with Gasteiger partial charge in [-0.2, -0.15) is 0 Å². The maximum Gasteiger partial charge on any atom is 0.326 e. The Hall–Kier alpha value is -1.38. The Balaban J connectivity index is 4.70. The minimum atomic E-state index is -1.09. The summed E-state index contributed by atoms with van der Waals surface area (Å²) in [5.74, 6) is -1.09. The first-order valence-corrected chi connectivity index (χ1v) is 6.74. The van der Waals surface area contributed by atoms with E-state index in [1.807, 2.05) is 6.92 Å². The van der Waals surface area contributed by atoms with Crippen LogP contribution in [0.3, 0.4) is 0 Å². The molecule has 8 heteroatoms. The number of aliphatic carboxylic acids is 1. The maximum absolute atomic E-state index is 12.2. The fraction of sp³-hybridized carbons (Fsp3) is 0.846. The van der Waals surface area contributed by atoms with Crippen molar-refractivity contribution in [1.82, 2.24) is 10.2 Å². The molecule has 0 fully saturated rings. The number of ether oxygens (including phenoxy) is 3. The summed E-state index contributed by atoms with van der Waals surface area (Å²) >= 11 is 0. The molecule has 0 radical (unpaired) electrons. The quantitative estimate of drug-likeness (QED) is 0.565. The van der Waals surface area contributed by atoms with Gasteiger partial charge in [-0.3, -0.25) is 0 Å². The Bertz CT molecular complexity index is 313. The van der Waals surface area contributed by atoms with Crippen LogP contribution < -0.4 is 5.32 Å². The number of nitrogens with zero attached hydrogens (tertiary/aromatic N) is 1. The zero-order valence-corrected chi connectivity index (χ0v) is 13.1. The van der Waals surface area contributed by atoms with Crippen LogP contribution in [0.4, 0.5) is 4.79 Å². The number of amides is 2. The molecule has 2 N–H and O–H groups in total. The summed E-state index contributed by atoms with van der Waals surface area (Å²) in [6, 6.07) is -1.64. The molecule has 0 rings (SSSR count). The molecule has 0 saturated carbocycles. The van der Waals surface area contributed by atoms with E-state index < -0.39 is 18.0 Å². The Kier molecular flexibility index (Phi) is 10.6. The van der Waals surface area contributed by atoms with Crippen LogP contribution in [0.15, 0.2) is 0 Å². The van der Waals surface area contributed by atoms with Gasteiger partial charge >= 0.3 is 12.0 Å². The molecular formula is C13H26N2O6. The van der Waals surface area contributed by atoms with Crippen LogP contribution in [0.1, 0.15) is 13.3 Å². The van der Waals surface area contributed by atoms with E-state index in [4.69, 9.17) is 19.3 Å². The molecule has 0 heterocycles. The van der Waals surface area contributed by atoms with Gasteiger partial charge in [-0.15, -0.1) is 0 Å². The van der Waals surface area contributed by atoms with Crippen LogP contribution in [0.2, 0.25) is 0 Å². The number of carboxylic acids is 1. The average molecular weight is 306 g/mol. The van der Waals surface area contributed by atoms with Crippen molar-refractivity contribution < 1.29 is 28.9 Å². The molecule has 0 aliphatic heterocycles. The summed E-state index contributed by atoms with van der Waals surface area (Å²) < 4.78 is 14.8. The number of methoxy groups -OCH3 is 3. The Morgan fingerprint density at radius 3 is 2.24 bits per heavy atom. The van der Waals surface area contributed by atoms with E-state index in [-0.39, 0.29) is 19.1 Å². The highest BCUT2D eigenvalue weighted by molar-refractivity contribution is 5.82. The van der Waals surface area contributed by atoms with Gasteiger partial charge in [-0.05, 0) is 6.92 Å². The van der Waals surface area contributed by atoms with Crippen LogP contribution in [-0.4, -0.2) is 81.8 Å². The van der Waals surface area contributed by atoms with Crippen molar-refractivity contribution in [3.05, 3.63) is 0 Å². The largest absolute Gasteiger partial charge is 0.480 e. The van der Waals surface area contributed by atoms with Crippen molar-refractivity contribution in [1.29, 1.82) is 0 Å². The fourth-order valence-electron chi connectivity index (χ4n) is 1.77. The summed E-state index contributed by atoms with van der Waals surface area (Å²) in [5.41, 5.74) is 0. The maximum atomic E-state index is 12.2. The number of carbonyl (C=O) groups excluding carboxylic acids is 1. The standard InChI is InChI=1S/C13H26N2O6/c1-10(9-21-4)15(6-8-20-3)13(18)14-11(12(16)17)5-7-19-2/h10-11H,5-9H2,1-4H3,(H,14,18)(H,16,17). The predicted octanol–water partition coefficient (Wildman–Crippen LogP) is 0.169. The highest BCUT2D eigenvalue weighted by Crippen LogP contribution is 2.03. The van der Waals surface area contributed by atoms with Crippen LogP contribution >= 0.6 is 0 Å². The SMILES string of the molecule is COCCC(NC(=O)N(CCOC)C(C)COC)C(=O)O. The number of nitrogens with one attached hydrogen (secondary N) is 1. The summed E-state index contributed by atoms with van der Waals surface area (Å²) in [7, 11) is 4.56. The second kappa shape index (κ2) is 11.3. The van der Waals surface area contributed by atoms with Gasteiger partial charge in [0.15, 0.2) is 0 Å². The molecule has 2 unspecified atom stereocenters. The van der Waals surface area contributed by atoms with Gasteiger partial charge in [0.25, 0.3) is 0 Å². The lowest BCUT2D eigenvalue weighted by atomic mass is 10.2. The molecule has 21 heavy (non-hydrogen) atoms. The Morgan fingerprint density at radius 1 is 1.14 bits per heavy atom. The third-order valence-electron chi connectivity index (χ3n) is 2.94. The second-order valence-corrected chi connectivity index (χ2v) is 4.61. The molecule has 0 aromatic rings. The number of urea groups is 1. The summed E-state index contributed by atoms with van der Waals surface area (Å²) in [6.45, 7) is 3.14. The van der Waals surface area contributed by atoms with E-state index in [2.05, 4.69) is 5.32 Å². The topological polar surface area (TPSA) is 97.3 Å². The third kappa shape index (κ3) is 7.84. The van der Waals surface area contributed by atoms with Crippen molar-refractivity contribution in [2.45, 2.75) is 25.4 Å². The van der Waals surface area contributed by atoms with Crippen molar-refractivity contribution >= 4 is 12.0 Å². The Labute approximate surface area is 125 Å². The number of carbonyl (C=O) groups is 2. The van der Waals surface area contributed by atoms with Crippen LogP contribution in [0.5, 0.6) is 0 Å². The van der Waals surface area contributed by atoms with E-state index in [0.717, 1.165) is 0 Å². The molecule has 0 aromatic carbocycles. The first kappa shape index (κ1) is 19.6. The molecule has 0 aliphatic carbocycles. The van der Waals surface area contributed by atoms with Gasteiger partial charge in [0.05, 0.1) is 19.3 Å². The number of carboxylic acid groups (broad SMARTS) is 1. The smallest absolute Gasteiger partial charge is 0.326 e. The van der Waals surface area contributed by atoms with Crippen molar-refractivity contribution in [3.63, 3.8) is 0 Å². The van der Waals surface area contributed by atoms with Crippen LogP contribution in [0, 0.1) is 0 Å². The Morgan fingerprint density at radius 2 is 1.76 bits per heavy atom. The summed E-state index contributed by atoms with van der Waals surface area (Å²) in [6.07, 6.45) is 0.203. The van der Waals surface area contributed by atoms with Crippen LogP contribution in [-0.2, 0) is 19.0 Å². The van der Waals surface area contributed by atoms with Gasteiger partial charge in [0.1, 0.15) is 6.04 Å². The lowest BCUT2D eigenvalue weighted by molar-refractivity contribution is -0.139. The molecule has 124 valence electrons. The summed E-state index contributed by atoms with van der Waals surface area (Å²) in [4.78, 5) is 24.9. The van der Waals surface area contributed by atoms with E-state index in [1.54, 1.807) is 7.11 Å². The lowest BCUT2D eigenvalue weighted by Gasteiger charge is -2.30. The van der Waals surface area contributed by atoms with Crippen molar-refractivity contribution in [2.24, 2.45) is 0 Å². The van der Waals surface area contributed by atoms with E-state index >= 15 is 0 Å². The molecule has 0 bridgehead atoms. The van der Waals surface area contributed by atoms with Crippen molar-refractivity contribution in [2.75, 3.05) is 47.7 Å². The number of hydrogen-bond donors (Lipinski definition) is 2. The molecule has 2 atom stereocenters. The number of hydrogen-bond acceptors (Lipinski definition) is 5. The highest BCUT2D eigenvalue weighted by atomic mass is 16.5. The normalized spacial score (nSPS) is 13.5. The number of rotatable bonds is 11. The molecule has 0 aliphatic rings. The highest BCUT2D eigenvalue weighted by Gasteiger charge is 2.25. The zero-order chi connectivity index (χ0) is 16.3. The van der Waals surface area contributed by atoms with Gasteiger partial charge in [-0.25, -0.2) is 9.59 Å². The van der Waals surface area contributed by atoms with Gasteiger partial charge in [-0.1, -0.05) is 0 Å². The molecule has 0 spiro atoms. The molecule has 0 saturated heterocycles. The molecule has 0 aromatic heterocycles. The monoisotopic (exact) mass is 306 g/mol. The second-order valence-electron chi connectivity index (χ2n) is 4.61. The molecular weight excluding hydrogens is 280 g/mol. The van der Waals surface area contributed by atoms with E-state index in [1.165, 1.54) is 19.1 Å². The van der Waals surface area contributed by atoms with Crippen molar-refractivity contribution in [3.8, 4) is 0 Å². The summed E-state index contributed by atoms with van der Waals surface area (Å²) in [5, 5.41) is 11.6. The fourth-order valence-corrected chi connectivity index (χ4v) is 1.77. The van der Waals surface area contributed by atoms with Gasteiger partial charge in [0, 0.05) is 40.9 Å². The van der Waals surface area contributed by atoms with E-state index in [9.17, 15) is 9.59 Å². The third-order valence-corrected chi connectivity index (χ3v) is 2.94. The molecule has 8 nitrogen and oxygen atoms in total. The average Bonchev–Trinajstić information content (AvgIpc) is 2.43. The van der Waals surface area contributed by atoms with Gasteiger partial charge < -0.3 is 29.5 Å². The minimum absolute atomic E-state index is 0.193. The van der Waals surface area contributed by atoms with E-state index in [0.29, 0.717) is 19.8 Å². The first-order valence-electron chi connectivity index (χ1n) is 6.74. The first-order chi connectivity index (χ1) is 9.97. The molecule has 2 amide bonds. The lowest BCUT2D eigenvalue weighted by Crippen LogP contribution is -2.52. The zero-order valence-electron chi connectivity index (χ0n) is 13.1. The van der Waals surface area contributed by atoms with Crippen LogP contribution in [0.25, 0.3) is 0 Å².